The number of Topliss-reactive ketones (excluding diaryl/α,β-unsaturated/α-hetero) is 1. The Kier molecular flexibility index (Phi) is 3.64. The Balaban J connectivity index is 1.67. The zero-order valence-electron chi connectivity index (χ0n) is 14.4. The Morgan fingerprint density at radius 3 is 2.44 bits per heavy atom. The number of carbonyl (C=O) groups is 1. The lowest BCUT2D eigenvalue weighted by Gasteiger charge is -2.55. The Morgan fingerprint density at radius 2 is 1.76 bits per heavy atom. The van der Waals surface area contributed by atoms with Crippen LogP contribution in [-0.2, 0) is 4.79 Å². The number of hydrogen-bond acceptors (Lipinski definition) is 3. The summed E-state index contributed by atoms with van der Waals surface area (Å²) in [6.45, 7) is 1.63. The normalized spacial score (nSPS) is 47.3. The van der Waals surface area contributed by atoms with Gasteiger partial charge in [0.1, 0.15) is 0 Å². The van der Waals surface area contributed by atoms with Gasteiger partial charge in [-0.3, -0.25) is 4.79 Å². The SMILES string of the molecule is C[C@]12CC[C@H]3[C@@H](CCC4=C(O)C(=O)CC[C@@H]43)[C@@H]1CC[C@@]2(O)C(F)(F)F. The molecule has 0 spiro atoms. The molecule has 3 nitrogen and oxygen atoms in total. The second-order valence-corrected chi connectivity index (χ2v) is 8.77. The van der Waals surface area contributed by atoms with E-state index in [2.05, 4.69) is 0 Å². The lowest BCUT2D eigenvalue weighted by atomic mass is 9.50. The number of allylic oxidation sites excluding steroid dienone is 1. The number of carbonyl (C=O) groups excluding carboxylic acids is 1. The molecule has 0 saturated heterocycles. The summed E-state index contributed by atoms with van der Waals surface area (Å²) < 4.78 is 40.9. The van der Waals surface area contributed by atoms with Gasteiger partial charge in [0, 0.05) is 11.8 Å². The number of aliphatic hydroxyl groups excluding tert-OH is 1. The number of halogens is 3. The molecule has 0 bridgehead atoms. The highest BCUT2D eigenvalue weighted by atomic mass is 19.4. The molecule has 3 fully saturated rings. The summed E-state index contributed by atoms with van der Waals surface area (Å²) in [4.78, 5) is 11.8. The van der Waals surface area contributed by atoms with Gasteiger partial charge in [-0.05, 0) is 74.2 Å². The fourth-order valence-corrected chi connectivity index (χ4v) is 6.75. The van der Waals surface area contributed by atoms with Crippen molar-refractivity contribution in [3.8, 4) is 0 Å². The molecule has 25 heavy (non-hydrogen) atoms. The third-order valence-corrected chi connectivity index (χ3v) is 8.08. The van der Waals surface area contributed by atoms with Crippen LogP contribution in [0.3, 0.4) is 0 Å². The summed E-state index contributed by atoms with van der Waals surface area (Å²) in [6, 6.07) is 0. The predicted molar refractivity (Wildman–Crippen MR) is 84.7 cm³/mol. The average Bonchev–Trinajstić information content (AvgIpc) is 2.83. The second-order valence-electron chi connectivity index (χ2n) is 8.77. The van der Waals surface area contributed by atoms with E-state index in [4.69, 9.17) is 0 Å². The summed E-state index contributed by atoms with van der Waals surface area (Å²) in [5.74, 6) is 0.0798. The maximum absolute atomic E-state index is 13.6. The van der Waals surface area contributed by atoms with Gasteiger partial charge in [0.05, 0.1) is 0 Å². The molecule has 0 aromatic carbocycles. The van der Waals surface area contributed by atoms with Gasteiger partial charge in [-0.2, -0.15) is 13.2 Å². The highest BCUT2D eigenvalue weighted by Gasteiger charge is 2.71. The maximum atomic E-state index is 13.6. The van der Waals surface area contributed by atoms with Crippen molar-refractivity contribution in [1.82, 2.24) is 0 Å². The molecule has 0 aromatic heterocycles. The molecule has 0 aromatic rings. The average molecular weight is 358 g/mol. The highest BCUT2D eigenvalue weighted by Crippen LogP contribution is 2.67. The Morgan fingerprint density at radius 1 is 1.04 bits per heavy atom. The first-order valence-corrected chi connectivity index (χ1v) is 9.34. The molecule has 4 rings (SSSR count). The van der Waals surface area contributed by atoms with Crippen LogP contribution in [0.2, 0.25) is 0 Å². The first kappa shape index (κ1) is 17.4. The van der Waals surface area contributed by atoms with Crippen molar-refractivity contribution in [2.45, 2.75) is 70.1 Å². The van der Waals surface area contributed by atoms with Crippen LogP contribution in [0.25, 0.3) is 0 Å². The fourth-order valence-electron chi connectivity index (χ4n) is 6.75. The minimum absolute atomic E-state index is 0.0822. The van der Waals surface area contributed by atoms with Gasteiger partial charge in [0.2, 0.25) is 0 Å². The molecule has 4 aliphatic rings. The Bertz CT molecular complexity index is 640. The van der Waals surface area contributed by atoms with Crippen molar-refractivity contribution in [2.75, 3.05) is 0 Å². The van der Waals surface area contributed by atoms with Crippen LogP contribution >= 0.6 is 0 Å². The van der Waals surface area contributed by atoms with Crippen LogP contribution in [0.5, 0.6) is 0 Å². The van der Waals surface area contributed by atoms with Crippen LogP contribution in [0.1, 0.15) is 58.3 Å². The minimum atomic E-state index is -4.60. The lowest BCUT2D eigenvalue weighted by molar-refractivity contribution is -0.302. The molecule has 0 heterocycles. The molecule has 4 aliphatic carbocycles. The van der Waals surface area contributed by atoms with Gasteiger partial charge < -0.3 is 10.2 Å². The molecular formula is C19H25F3O3. The largest absolute Gasteiger partial charge is 0.504 e. The molecule has 0 amide bonds. The molecule has 3 saturated carbocycles. The standard InChI is InChI=1S/C19H25F3O3/c1-17-8-6-11-10-4-5-15(23)16(24)13(10)3-2-12(11)14(17)7-9-18(17,25)19(20,21)22/h10-12,14,24-25H,2-9H2,1H3/t10-,11-,12-,14+,17+,18+/m1/s1. The fraction of sp³-hybridized carbons (Fsp3) is 0.842. The van der Waals surface area contributed by atoms with Crippen molar-refractivity contribution >= 4 is 5.78 Å². The zero-order chi connectivity index (χ0) is 18.2. The molecular weight excluding hydrogens is 333 g/mol. The van der Waals surface area contributed by atoms with E-state index >= 15 is 0 Å². The monoisotopic (exact) mass is 358 g/mol. The molecule has 6 atom stereocenters. The number of ketones is 1. The summed E-state index contributed by atoms with van der Waals surface area (Å²) in [7, 11) is 0. The molecule has 2 N–H and O–H groups in total. The van der Waals surface area contributed by atoms with Gasteiger partial charge in [0.15, 0.2) is 17.1 Å². The van der Waals surface area contributed by atoms with Gasteiger partial charge >= 0.3 is 6.18 Å². The van der Waals surface area contributed by atoms with E-state index in [1.807, 2.05) is 0 Å². The van der Waals surface area contributed by atoms with E-state index in [1.54, 1.807) is 6.92 Å². The van der Waals surface area contributed by atoms with E-state index in [9.17, 15) is 28.2 Å². The third-order valence-electron chi connectivity index (χ3n) is 8.08. The van der Waals surface area contributed by atoms with Gasteiger partial charge in [-0.25, -0.2) is 0 Å². The van der Waals surface area contributed by atoms with Gasteiger partial charge in [-0.1, -0.05) is 6.92 Å². The highest BCUT2D eigenvalue weighted by molar-refractivity contribution is 5.94. The van der Waals surface area contributed by atoms with Crippen LogP contribution in [0, 0.1) is 29.1 Å². The predicted octanol–water partition coefficient (Wildman–Crippen LogP) is 4.31. The minimum Gasteiger partial charge on any atom is -0.504 e. The summed E-state index contributed by atoms with van der Waals surface area (Å²) in [5, 5.41) is 20.7. The second kappa shape index (κ2) is 5.24. The summed E-state index contributed by atoms with van der Waals surface area (Å²) >= 11 is 0. The molecule has 0 radical (unpaired) electrons. The Hall–Kier alpha value is -1.04. The molecule has 0 unspecified atom stereocenters. The number of fused-ring (bicyclic) bond motifs is 5. The topological polar surface area (TPSA) is 57.5 Å². The van der Waals surface area contributed by atoms with E-state index in [1.165, 1.54) is 0 Å². The van der Waals surface area contributed by atoms with E-state index in [0.717, 1.165) is 5.57 Å². The number of hydrogen-bond donors (Lipinski definition) is 2. The smallest absolute Gasteiger partial charge is 0.417 e. The molecule has 0 aliphatic heterocycles. The van der Waals surface area contributed by atoms with Crippen molar-refractivity contribution in [1.29, 1.82) is 0 Å². The zero-order valence-corrected chi connectivity index (χ0v) is 14.4. The summed E-state index contributed by atoms with van der Waals surface area (Å²) in [6.07, 6.45) is -1.08. The summed E-state index contributed by atoms with van der Waals surface area (Å²) in [5.41, 5.74) is -2.87. The van der Waals surface area contributed by atoms with E-state index in [-0.39, 0.29) is 41.6 Å². The number of rotatable bonds is 0. The van der Waals surface area contributed by atoms with Crippen LogP contribution < -0.4 is 0 Å². The lowest BCUT2D eigenvalue weighted by Crippen LogP contribution is -2.59. The number of aliphatic hydroxyl groups is 2. The Labute approximate surface area is 145 Å². The first-order chi connectivity index (χ1) is 11.6. The third kappa shape index (κ3) is 2.12. The van der Waals surface area contributed by atoms with Crippen molar-refractivity contribution in [2.24, 2.45) is 29.1 Å². The van der Waals surface area contributed by atoms with Crippen LogP contribution in [0.15, 0.2) is 11.3 Å². The van der Waals surface area contributed by atoms with Crippen molar-refractivity contribution in [3.05, 3.63) is 11.3 Å². The van der Waals surface area contributed by atoms with E-state index < -0.39 is 17.2 Å². The number of alkyl halides is 3. The van der Waals surface area contributed by atoms with Gasteiger partial charge in [0.25, 0.3) is 0 Å². The van der Waals surface area contributed by atoms with Crippen LogP contribution in [0.4, 0.5) is 13.2 Å². The van der Waals surface area contributed by atoms with Crippen molar-refractivity contribution < 1.29 is 28.2 Å². The molecule has 140 valence electrons. The maximum Gasteiger partial charge on any atom is 0.417 e. The first-order valence-electron chi connectivity index (χ1n) is 9.34. The van der Waals surface area contributed by atoms with Crippen molar-refractivity contribution in [3.63, 3.8) is 0 Å². The molecule has 6 heteroatoms. The van der Waals surface area contributed by atoms with E-state index in [0.29, 0.717) is 44.9 Å². The quantitative estimate of drug-likeness (QED) is 0.678. The van der Waals surface area contributed by atoms with Gasteiger partial charge in [-0.15, -0.1) is 0 Å². The van der Waals surface area contributed by atoms with Crippen LogP contribution in [-0.4, -0.2) is 27.8 Å².